The van der Waals surface area contributed by atoms with Crippen LogP contribution in [0.25, 0.3) is 0 Å². The van der Waals surface area contributed by atoms with Crippen LogP contribution >= 0.6 is 0 Å². The molecule has 2 aliphatic rings. The Bertz CT molecular complexity index is 453. The smallest absolute Gasteiger partial charge is 0.227 e. The molecule has 2 N–H and O–H groups in total. The lowest BCUT2D eigenvalue weighted by atomic mass is 9.67. The lowest BCUT2D eigenvalue weighted by molar-refractivity contribution is -0.118. The second-order valence-corrected chi connectivity index (χ2v) is 6.29. The number of nitrogens with two attached hydrogens (primary N) is 1. The molecule has 118 valence electrons. The molecular weight excluding hydrogens is 270 g/mol. The fraction of sp³-hybridized carbons (Fsp3) is 0.867. The molecule has 3 rings (SSSR count). The number of rotatable bonds is 6. The molecule has 0 aromatic carbocycles. The Morgan fingerprint density at radius 1 is 1.24 bits per heavy atom. The van der Waals surface area contributed by atoms with Gasteiger partial charge in [0.2, 0.25) is 11.7 Å². The topological polar surface area (TPSA) is 83.4 Å². The van der Waals surface area contributed by atoms with Crippen LogP contribution in [0.3, 0.4) is 0 Å². The van der Waals surface area contributed by atoms with Gasteiger partial charge >= 0.3 is 0 Å². The van der Waals surface area contributed by atoms with Gasteiger partial charge in [0, 0.05) is 39.1 Å². The van der Waals surface area contributed by atoms with Crippen LogP contribution in [0.1, 0.15) is 50.7 Å². The molecule has 6 nitrogen and oxygen atoms in total. The third kappa shape index (κ3) is 2.84. The zero-order valence-corrected chi connectivity index (χ0v) is 12.8. The van der Waals surface area contributed by atoms with Crippen LogP contribution in [0.15, 0.2) is 4.52 Å². The maximum Gasteiger partial charge on any atom is 0.227 e. The Balaban J connectivity index is 1.76. The molecule has 0 radical (unpaired) electrons. The van der Waals surface area contributed by atoms with Crippen molar-refractivity contribution in [1.82, 2.24) is 10.1 Å². The Kier molecular flexibility index (Phi) is 4.28. The van der Waals surface area contributed by atoms with Crippen molar-refractivity contribution in [1.29, 1.82) is 0 Å². The lowest BCUT2D eigenvalue weighted by Gasteiger charge is -2.39. The standard InChI is InChI=1S/C15H25N3O3/c1-2-20-15(6-8-19-9-7-15)13-17-12(21-18-13)10-14(11-16)4-3-5-14/h2-11,16H2,1H3. The molecule has 1 aromatic rings. The monoisotopic (exact) mass is 295 g/mol. The molecule has 1 aliphatic heterocycles. The molecule has 0 bridgehead atoms. The summed E-state index contributed by atoms with van der Waals surface area (Å²) in [6.07, 6.45) is 5.91. The first-order valence-electron chi connectivity index (χ1n) is 7.97. The van der Waals surface area contributed by atoms with Crippen molar-refractivity contribution in [3.05, 3.63) is 11.7 Å². The van der Waals surface area contributed by atoms with Gasteiger partial charge in [0.05, 0.1) is 0 Å². The van der Waals surface area contributed by atoms with Gasteiger partial charge in [-0.1, -0.05) is 11.6 Å². The normalized spacial score (nSPS) is 23.7. The minimum absolute atomic E-state index is 0.179. The van der Waals surface area contributed by atoms with Crippen LogP contribution in [0.2, 0.25) is 0 Å². The van der Waals surface area contributed by atoms with Crippen molar-refractivity contribution in [3.63, 3.8) is 0 Å². The van der Waals surface area contributed by atoms with Crippen LogP contribution < -0.4 is 5.73 Å². The highest BCUT2D eigenvalue weighted by molar-refractivity contribution is 5.05. The van der Waals surface area contributed by atoms with E-state index in [1.165, 1.54) is 6.42 Å². The van der Waals surface area contributed by atoms with Gasteiger partial charge in [0.15, 0.2) is 0 Å². The lowest BCUT2D eigenvalue weighted by Crippen LogP contribution is -2.39. The maximum atomic E-state index is 5.98. The van der Waals surface area contributed by atoms with E-state index in [2.05, 4.69) is 10.1 Å². The Hall–Kier alpha value is -0.980. The summed E-state index contributed by atoms with van der Waals surface area (Å²) in [5.74, 6) is 1.37. The van der Waals surface area contributed by atoms with Gasteiger partial charge in [-0.15, -0.1) is 0 Å². The minimum Gasteiger partial charge on any atom is -0.381 e. The van der Waals surface area contributed by atoms with Crippen molar-refractivity contribution in [3.8, 4) is 0 Å². The Labute approximate surface area is 125 Å². The molecule has 0 amide bonds. The van der Waals surface area contributed by atoms with E-state index in [-0.39, 0.29) is 5.41 Å². The summed E-state index contributed by atoms with van der Waals surface area (Å²) in [5, 5.41) is 4.20. The molecule has 6 heteroatoms. The number of hydrogen-bond acceptors (Lipinski definition) is 6. The van der Waals surface area contributed by atoms with Crippen molar-refractivity contribution in [2.45, 2.75) is 51.0 Å². The van der Waals surface area contributed by atoms with Gasteiger partial charge in [-0.05, 0) is 31.7 Å². The van der Waals surface area contributed by atoms with Crippen LogP contribution in [-0.2, 0) is 21.5 Å². The summed E-state index contributed by atoms with van der Waals surface area (Å²) in [5.41, 5.74) is 5.65. The summed E-state index contributed by atoms with van der Waals surface area (Å²) >= 11 is 0. The first-order valence-corrected chi connectivity index (χ1v) is 7.97. The first-order chi connectivity index (χ1) is 10.2. The van der Waals surface area contributed by atoms with Crippen LogP contribution in [0, 0.1) is 5.41 Å². The summed E-state index contributed by atoms with van der Waals surface area (Å²) in [7, 11) is 0. The van der Waals surface area contributed by atoms with Crippen LogP contribution in [0.5, 0.6) is 0 Å². The number of ether oxygens (including phenoxy) is 2. The van der Waals surface area contributed by atoms with E-state index in [0.717, 1.165) is 32.1 Å². The second-order valence-electron chi connectivity index (χ2n) is 6.29. The highest BCUT2D eigenvalue weighted by Gasteiger charge is 2.41. The second kappa shape index (κ2) is 6.02. The fourth-order valence-corrected chi connectivity index (χ4v) is 3.37. The summed E-state index contributed by atoms with van der Waals surface area (Å²) in [6, 6.07) is 0. The number of aromatic nitrogens is 2. The maximum absolute atomic E-state index is 5.98. The van der Waals surface area contributed by atoms with Crippen molar-refractivity contribution in [2.75, 3.05) is 26.4 Å². The van der Waals surface area contributed by atoms with Gasteiger partial charge in [-0.3, -0.25) is 0 Å². The molecule has 2 fully saturated rings. The van der Waals surface area contributed by atoms with E-state index in [1.54, 1.807) is 0 Å². The molecule has 21 heavy (non-hydrogen) atoms. The summed E-state index contributed by atoms with van der Waals surface area (Å²) in [4.78, 5) is 4.63. The largest absolute Gasteiger partial charge is 0.381 e. The molecule has 2 heterocycles. The zero-order chi connectivity index (χ0) is 14.8. The van der Waals surface area contributed by atoms with E-state index in [4.69, 9.17) is 19.7 Å². The summed E-state index contributed by atoms with van der Waals surface area (Å²) < 4.78 is 16.9. The Morgan fingerprint density at radius 3 is 2.57 bits per heavy atom. The molecule has 0 spiro atoms. The molecule has 1 aromatic heterocycles. The Morgan fingerprint density at radius 2 is 2.00 bits per heavy atom. The van der Waals surface area contributed by atoms with Crippen molar-refractivity contribution in [2.24, 2.45) is 11.1 Å². The third-order valence-corrected chi connectivity index (χ3v) is 4.97. The van der Waals surface area contributed by atoms with Crippen molar-refractivity contribution >= 4 is 0 Å². The number of nitrogens with zero attached hydrogens (tertiary/aromatic N) is 2. The van der Waals surface area contributed by atoms with E-state index in [1.807, 2.05) is 6.92 Å². The van der Waals surface area contributed by atoms with Gasteiger partial charge in [-0.2, -0.15) is 4.98 Å². The first kappa shape index (κ1) is 14.9. The predicted molar refractivity (Wildman–Crippen MR) is 76.7 cm³/mol. The van der Waals surface area contributed by atoms with Gasteiger partial charge in [0.25, 0.3) is 0 Å². The average molecular weight is 295 g/mol. The zero-order valence-electron chi connectivity index (χ0n) is 12.8. The van der Waals surface area contributed by atoms with E-state index >= 15 is 0 Å². The van der Waals surface area contributed by atoms with Gasteiger partial charge < -0.3 is 19.7 Å². The molecular formula is C15H25N3O3. The van der Waals surface area contributed by atoms with Crippen LogP contribution in [0.4, 0.5) is 0 Å². The summed E-state index contributed by atoms with van der Waals surface area (Å²) in [6.45, 7) is 4.68. The average Bonchev–Trinajstić information content (AvgIpc) is 2.93. The van der Waals surface area contributed by atoms with Crippen LogP contribution in [-0.4, -0.2) is 36.5 Å². The molecule has 0 unspecified atom stereocenters. The predicted octanol–water partition coefficient (Wildman–Crippen LogP) is 1.78. The van der Waals surface area contributed by atoms with E-state index in [9.17, 15) is 0 Å². The molecule has 0 atom stereocenters. The molecule has 1 saturated heterocycles. The number of hydrogen-bond donors (Lipinski definition) is 1. The van der Waals surface area contributed by atoms with Crippen molar-refractivity contribution < 1.29 is 14.0 Å². The quantitative estimate of drug-likeness (QED) is 0.861. The highest BCUT2D eigenvalue weighted by Crippen LogP contribution is 2.43. The SMILES string of the molecule is CCOC1(c2noc(CC3(CN)CCC3)n2)CCOCC1. The van der Waals surface area contributed by atoms with E-state index < -0.39 is 5.60 Å². The highest BCUT2D eigenvalue weighted by atomic mass is 16.5. The fourth-order valence-electron chi connectivity index (χ4n) is 3.37. The van der Waals surface area contributed by atoms with E-state index in [0.29, 0.717) is 38.1 Å². The third-order valence-electron chi connectivity index (χ3n) is 4.97. The minimum atomic E-state index is -0.440. The molecule has 1 aliphatic carbocycles. The van der Waals surface area contributed by atoms with Gasteiger partial charge in [0.1, 0.15) is 5.60 Å². The van der Waals surface area contributed by atoms with Gasteiger partial charge in [-0.25, -0.2) is 0 Å². The molecule has 1 saturated carbocycles.